The lowest BCUT2D eigenvalue weighted by Crippen LogP contribution is -2.48. The molecule has 1 heterocycles. The van der Waals surface area contributed by atoms with Gasteiger partial charge in [-0.3, -0.25) is 0 Å². The average Bonchev–Trinajstić information content (AvgIpc) is 1.99. The van der Waals surface area contributed by atoms with E-state index in [2.05, 4.69) is 10.6 Å². The van der Waals surface area contributed by atoms with Crippen molar-refractivity contribution in [3.8, 4) is 0 Å². The van der Waals surface area contributed by atoms with Crippen LogP contribution >= 0.6 is 0 Å². The van der Waals surface area contributed by atoms with Gasteiger partial charge in [0.1, 0.15) is 0 Å². The first-order valence-electron chi connectivity index (χ1n) is 5.16. The smallest absolute Gasteiger partial charge is 0.315 e. The standard InChI is InChI=1S/C9H18N2O3S/c1-7(2)10-9(12)11-8-4-3-5-15(13,14)6-8/h7-8H,3-6H2,1-2H3,(H2,10,11,12). The molecule has 88 valence electrons. The molecule has 0 aliphatic carbocycles. The van der Waals surface area contributed by atoms with Gasteiger partial charge >= 0.3 is 6.03 Å². The molecule has 1 aliphatic heterocycles. The molecule has 2 N–H and O–H groups in total. The predicted octanol–water partition coefficient (Wildman–Crippen LogP) is 0.271. The van der Waals surface area contributed by atoms with Crippen molar-refractivity contribution < 1.29 is 13.2 Å². The summed E-state index contributed by atoms with van der Waals surface area (Å²) >= 11 is 0. The first-order chi connectivity index (χ1) is 6.89. The van der Waals surface area contributed by atoms with Gasteiger partial charge in [0, 0.05) is 12.1 Å². The highest BCUT2D eigenvalue weighted by Crippen LogP contribution is 2.11. The number of nitrogens with one attached hydrogen (secondary N) is 2. The van der Waals surface area contributed by atoms with Crippen LogP contribution in [0.1, 0.15) is 26.7 Å². The lowest BCUT2D eigenvalue weighted by Gasteiger charge is -2.23. The van der Waals surface area contributed by atoms with E-state index in [-0.39, 0.29) is 29.6 Å². The van der Waals surface area contributed by atoms with Crippen molar-refractivity contribution in [3.63, 3.8) is 0 Å². The average molecular weight is 234 g/mol. The van der Waals surface area contributed by atoms with Crippen LogP contribution in [0.25, 0.3) is 0 Å². The summed E-state index contributed by atoms with van der Waals surface area (Å²) in [5.74, 6) is 0.315. The third-order valence-electron chi connectivity index (χ3n) is 2.22. The molecule has 1 atom stereocenters. The Kier molecular flexibility index (Phi) is 3.96. The van der Waals surface area contributed by atoms with Crippen LogP contribution in [0.2, 0.25) is 0 Å². The monoisotopic (exact) mass is 234 g/mol. The van der Waals surface area contributed by atoms with Crippen LogP contribution in [-0.2, 0) is 9.84 Å². The number of carbonyl (C=O) groups excluding carboxylic acids is 1. The first-order valence-corrected chi connectivity index (χ1v) is 6.98. The number of urea groups is 1. The van der Waals surface area contributed by atoms with E-state index in [1.54, 1.807) is 0 Å². The highest BCUT2D eigenvalue weighted by atomic mass is 32.2. The van der Waals surface area contributed by atoms with Gasteiger partial charge in [0.15, 0.2) is 9.84 Å². The molecule has 6 heteroatoms. The molecule has 1 saturated heterocycles. The van der Waals surface area contributed by atoms with Crippen molar-refractivity contribution in [1.29, 1.82) is 0 Å². The summed E-state index contributed by atoms with van der Waals surface area (Å²) in [6.07, 6.45) is 1.37. The fourth-order valence-corrected chi connectivity index (χ4v) is 3.26. The van der Waals surface area contributed by atoms with Gasteiger partial charge in [0.2, 0.25) is 0 Å². The van der Waals surface area contributed by atoms with Crippen LogP contribution in [0.15, 0.2) is 0 Å². The molecule has 0 saturated carbocycles. The number of hydrogen-bond donors (Lipinski definition) is 2. The van der Waals surface area contributed by atoms with E-state index in [9.17, 15) is 13.2 Å². The van der Waals surface area contributed by atoms with Gasteiger partial charge in [0.05, 0.1) is 11.5 Å². The molecule has 15 heavy (non-hydrogen) atoms. The number of sulfone groups is 1. The first kappa shape index (κ1) is 12.3. The van der Waals surface area contributed by atoms with Gasteiger partial charge in [0.25, 0.3) is 0 Å². The molecule has 0 aromatic rings. The molecule has 5 nitrogen and oxygen atoms in total. The van der Waals surface area contributed by atoms with Gasteiger partial charge in [-0.05, 0) is 26.7 Å². The van der Waals surface area contributed by atoms with E-state index in [1.165, 1.54) is 0 Å². The summed E-state index contributed by atoms with van der Waals surface area (Å²) < 4.78 is 22.6. The highest BCUT2D eigenvalue weighted by molar-refractivity contribution is 7.91. The van der Waals surface area contributed by atoms with Crippen LogP contribution in [-0.4, -0.2) is 38.0 Å². The van der Waals surface area contributed by atoms with Crippen molar-refractivity contribution >= 4 is 15.9 Å². The normalized spacial score (nSPS) is 24.9. The zero-order chi connectivity index (χ0) is 11.5. The SMILES string of the molecule is CC(C)NC(=O)NC1CCCS(=O)(=O)C1. The summed E-state index contributed by atoms with van der Waals surface area (Å²) in [6.45, 7) is 3.72. The predicted molar refractivity (Wildman–Crippen MR) is 58.5 cm³/mol. The Hall–Kier alpha value is -0.780. The number of carbonyl (C=O) groups is 1. The maximum absolute atomic E-state index is 11.3. The van der Waals surface area contributed by atoms with Crippen molar-refractivity contribution in [2.24, 2.45) is 0 Å². The lowest BCUT2D eigenvalue weighted by molar-refractivity contribution is 0.234. The van der Waals surface area contributed by atoms with Crippen LogP contribution in [0, 0.1) is 0 Å². The van der Waals surface area contributed by atoms with Crippen LogP contribution < -0.4 is 10.6 Å². The van der Waals surface area contributed by atoms with Gasteiger partial charge in [-0.25, -0.2) is 13.2 Å². The zero-order valence-electron chi connectivity index (χ0n) is 9.12. The molecule has 0 aromatic carbocycles. The van der Waals surface area contributed by atoms with E-state index in [1.807, 2.05) is 13.8 Å². The third kappa shape index (κ3) is 4.51. The Morgan fingerprint density at radius 1 is 1.40 bits per heavy atom. The summed E-state index contributed by atoms with van der Waals surface area (Å²) in [5.41, 5.74) is 0. The summed E-state index contributed by atoms with van der Waals surface area (Å²) in [6, 6.07) is -0.459. The zero-order valence-corrected chi connectivity index (χ0v) is 9.93. The second-order valence-corrected chi connectivity index (χ2v) is 6.45. The fraction of sp³-hybridized carbons (Fsp3) is 0.889. The summed E-state index contributed by atoms with van der Waals surface area (Å²) in [7, 11) is -2.95. The summed E-state index contributed by atoms with van der Waals surface area (Å²) in [4.78, 5) is 11.3. The molecule has 1 fully saturated rings. The van der Waals surface area contributed by atoms with Gasteiger partial charge < -0.3 is 10.6 Å². The molecule has 0 radical (unpaired) electrons. The third-order valence-corrected chi connectivity index (χ3v) is 4.04. The minimum Gasteiger partial charge on any atom is -0.336 e. The van der Waals surface area contributed by atoms with E-state index >= 15 is 0 Å². The summed E-state index contributed by atoms with van der Waals surface area (Å²) in [5, 5.41) is 5.35. The van der Waals surface area contributed by atoms with Crippen LogP contribution in [0.4, 0.5) is 4.79 Å². The molecule has 2 amide bonds. The van der Waals surface area contributed by atoms with E-state index < -0.39 is 9.84 Å². The van der Waals surface area contributed by atoms with E-state index in [0.29, 0.717) is 6.42 Å². The molecular formula is C9H18N2O3S. The highest BCUT2D eigenvalue weighted by Gasteiger charge is 2.25. The lowest BCUT2D eigenvalue weighted by atomic mass is 10.2. The Balaban J connectivity index is 2.42. The Morgan fingerprint density at radius 2 is 2.07 bits per heavy atom. The number of hydrogen-bond acceptors (Lipinski definition) is 3. The van der Waals surface area contributed by atoms with E-state index in [0.717, 1.165) is 6.42 Å². The van der Waals surface area contributed by atoms with Gasteiger partial charge in [-0.15, -0.1) is 0 Å². The van der Waals surface area contributed by atoms with Crippen molar-refractivity contribution in [2.75, 3.05) is 11.5 Å². The molecule has 1 rings (SSSR count). The minimum absolute atomic E-state index is 0.0604. The second kappa shape index (κ2) is 4.83. The van der Waals surface area contributed by atoms with Crippen LogP contribution in [0.5, 0.6) is 0 Å². The maximum atomic E-state index is 11.3. The molecule has 0 aromatic heterocycles. The molecule has 0 spiro atoms. The molecule has 1 aliphatic rings. The quantitative estimate of drug-likeness (QED) is 0.720. The topological polar surface area (TPSA) is 75.3 Å². The van der Waals surface area contributed by atoms with Crippen molar-refractivity contribution in [1.82, 2.24) is 10.6 Å². The van der Waals surface area contributed by atoms with Gasteiger partial charge in [-0.1, -0.05) is 0 Å². The van der Waals surface area contributed by atoms with Crippen molar-refractivity contribution in [2.45, 2.75) is 38.8 Å². The maximum Gasteiger partial charge on any atom is 0.315 e. The Morgan fingerprint density at radius 3 is 2.60 bits per heavy atom. The molecular weight excluding hydrogens is 216 g/mol. The Bertz CT molecular complexity index is 324. The van der Waals surface area contributed by atoms with E-state index in [4.69, 9.17) is 0 Å². The fourth-order valence-electron chi connectivity index (χ4n) is 1.63. The number of rotatable bonds is 2. The largest absolute Gasteiger partial charge is 0.336 e. The van der Waals surface area contributed by atoms with Crippen LogP contribution in [0.3, 0.4) is 0 Å². The second-order valence-electron chi connectivity index (χ2n) is 4.23. The molecule has 1 unspecified atom stereocenters. The molecule has 0 bridgehead atoms. The van der Waals surface area contributed by atoms with Crippen molar-refractivity contribution in [3.05, 3.63) is 0 Å². The number of amides is 2. The minimum atomic E-state index is -2.95. The Labute approximate surface area is 90.5 Å². The van der Waals surface area contributed by atoms with Gasteiger partial charge in [-0.2, -0.15) is 0 Å².